The maximum atomic E-state index is 4.42. The first kappa shape index (κ1) is 16.5. The third-order valence-electron chi connectivity index (χ3n) is 4.27. The Hall–Kier alpha value is -2.37. The number of hydrogen-bond donors (Lipinski definition) is 2. The van der Waals surface area contributed by atoms with Crippen molar-refractivity contribution >= 4 is 23.1 Å². The largest absolute Gasteiger partial charge is 0.372 e. The Labute approximate surface area is 143 Å². The van der Waals surface area contributed by atoms with Crippen LogP contribution in [0.25, 0.3) is 0 Å². The molecule has 0 aliphatic carbocycles. The summed E-state index contributed by atoms with van der Waals surface area (Å²) >= 11 is 0. The summed E-state index contributed by atoms with van der Waals surface area (Å²) < 4.78 is 0. The number of nitrogens with one attached hydrogen (secondary N) is 2. The molecule has 0 bridgehead atoms. The molecule has 6 heteroatoms. The molecule has 1 aliphatic heterocycles. The third-order valence-corrected chi connectivity index (χ3v) is 4.27. The lowest BCUT2D eigenvalue weighted by atomic mass is 9.99. The molecule has 0 spiro atoms. The summed E-state index contributed by atoms with van der Waals surface area (Å²) in [6.07, 6.45) is 4.18. The van der Waals surface area contributed by atoms with E-state index in [1.54, 1.807) is 6.20 Å². The molecule has 0 saturated carbocycles. The Morgan fingerprint density at radius 2 is 1.83 bits per heavy atom. The minimum absolute atomic E-state index is 0.307. The maximum Gasteiger partial charge on any atom is 0.249 e. The van der Waals surface area contributed by atoms with E-state index in [0.717, 1.165) is 30.5 Å². The van der Waals surface area contributed by atoms with Crippen molar-refractivity contribution < 1.29 is 0 Å². The highest BCUT2D eigenvalue weighted by Gasteiger charge is 2.15. The molecule has 0 unspecified atom stereocenters. The van der Waals surface area contributed by atoms with Gasteiger partial charge in [0.2, 0.25) is 5.95 Å². The number of nitrogens with zero attached hydrogens (tertiary/aromatic N) is 4. The molecule has 128 valence electrons. The highest BCUT2D eigenvalue weighted by atomic mass is 15.3. The van der Waals surface area contributed by atoms with Crippen molar-refractivity contribution in [3.8, 4) is 0 Å². The van der Waals surface area contributed by atoms with Crippen LogP contribution in [0.15, 0.2) is 30.5 Å². The van der Waals surface area contributed by atoms with Gasteiger partial charge >= 0.3 is 0 Å². The molecular weight excluding hydrogens is 300 g/mol. The molecule has 6 nitrogen and oxygen atoms in total. The third kappa shape index (κ3) is 4.34. The summed E-state index contributed by atoms with van der Waals surface area (Å²) in [4.78, 5) is 6.88. The smallest absolute Gasteiger partial charge is 0.249 e. The zero-order valence-corrected chi connectivity index (χ0v) is 14.7. The van der Waals surface area contributed by atoms with Gasteiger partial charge in [-0.3, -0.25) is 0 Å². The second-order valence-electron chi connectivity index (χ2n) is 6.81. The standard InChI is InChI=1S/C18H26N6/c1-13(2)20-17-12-19-23-18(22-17)21-15-4-6-16(7-5-15)24-10-8-14(3)9-11-24/h4-7,12-14H,8-11H2,1-3H3,(H2,20,21,22,23). The van der Waals surface area contributed by atoms with Gasteiger partial charge in [0.25, 0.3) is 0 Å². The van der Waals surface area contributed by atoms with Crippen LogP contribution in [0.4, 0.5) is 23.1 Å². The van der Waals surface area contributed by atoms with E-state index < -0.39 is 0 Å². The molecule has 1 fully saturated rings. The van der Waals surface area contributed by atoms with Crippen LogP contribution in [0.5, 0.6) is 0 Å². The average molecular weight is 326 g/mol. The Morgan fingerprint density at radius 1 is 1.12 bits per heavy atom. The summed E-state index contributed by atoms with van der Waals surface area (Å²) in [6, 6.07) is 8.75. The predicted molar refractivity (Wildman–Crippen MR) is 98.9 cm³/mol. The molecule has 3 rings (SSSR count). The van der Waals surface area contributed by atoms with Gasteiger partial charge in [-0.2, -0.15) is 10.1 Å². The van der Waals surface area contributed by atoms with Crippen LogP contribution in [0, 0.1) is 5.92 Å². The average Bonchev–Trinajstić information content (AvgIpc) is 2.56. The number of rotatable bonds is 5. The summed E-state index contributed by atoms with van der Waals surface area (Å²) in [7, 11) is 0. The fourth-order valence-corrected chi connectivity index (χ4v) is 2.87. The normalized spacial score (nSPS) is 15.6. The van der Waals surface area contributed by atoms with E-state index in [1.165, 1.54) is 18.5 Å². The number of piperidine rings is 1. The second-order valence-corrected chi connectivity index (χ2v) is 6.81. The van der Waals surface area contributed by atoms with E-state index in [1.807, 2.05) is 0 Å². The zero-order valence-electron chi connectivity index (χ0n) is 14.7. The maximum absolute atomic E-state index is 4.42. The molecule has 2 N–H and O–H groups in total. The molecule has 2 aromatic rings. The molecule has 0 radical (unpaired) electrons. The lowest BCUT2D eigenvalue weighted by Gasteiger charge is -2.32. The van der Waals surface area contributed by atoms with Gasteiger partial charge in [-0.15, -0.1) is 5.10 Å². The Morgan fingerprint density at radius 3 is 2.50 bits per heavy atom. The summed E-state index contributed by atoms with van der Waals surface area (Å²) in [6.45, 7) is 8.75. The lowest BCUT2D eigenvalue weighted by Crippen LogP contribution is -2.32. The van der Waals surface area contributed by atoms with Gasteiger partial charge in [0.1, 0.15) is 0 Å². The van der Waals surface area contributed by atoms with Crippen molar-refractivity contribution in [1.29, 1.82) is 0 Å². The fourth-order valence-electron chi connectivity index (χ4n) is 2.87. The fraction of sp³-hybridized carbons (Fsp3) is 0.500. The first-order valence-electron chi connectivity index (χ1n) is 8.68. The van der Waals surface area contributed by atoms with E-state index in [2.05, 4.69) is 75.8 Å². The highest BCUT2D eigenvalue weighted by Crippen LogP contribution is 2.25. The molecule has 1 aromatic heterocycles. The lowest BCUT2D eigenvalue weighted by molar-refractivity contribution is 0.438. The number of anilines is 4. The summed E-state index contributed by atoms with van der Waals surface area (Å²) in [5.74, 6) is 2.07. The molecule has 0 amide bonds. The second kappa shape index (κ2) is 7.47. The van der Waals surface area contributed by atoms with Gasteiger partial charge in [0.15, 0.2) is 5.82 Å². The van der Waals surface area contributed by atoms with Crippen LogP contribution in [-0.2, 0) is 0 Å². The van der Waals surface area contributed by atoms with Gasteiger partial charge in [-0.1, -0.05) is 6.92 Å². The first-order valence-corrected chi connectivity index (χ1v) is 8.68. The van der Waals surface area contributed by atoms with Crippen LogP contribution in [0.2, 0.25) is 0 Å². The molecule has 1 aliphatic rings. The predicted octanol–water partition coefficient (Wildman–Crippen LogP) is 3.67. The van der Waals surface area contributed by atoms with Gasteiger partial charge < -0.3 is 15.5 Å². The van der Waals surface area contributed by atoms with E-state index in [-0.39, 0.29) is 0 Å². The Balaban J connectivity index is 1.64. The Kier molecular flexibility index (Phi) is 5.13. The van der Waals surface area contributed by atoms with Crippen LogP contribution in [0.1, 0.15) is 33.6 Å². The molecule has 1 saturated heterocycles. The van der Waals surface area contributed by atoms with E-state index in [9.17, 15) is 0 Å². The quantitative estimate of drug-likeness (QED) is 0.874. The Bertz CT molecular complexity index is 647. The summed E-state index contributed by atoms with van der Waals surface area (Å²) in [5.41, 5.74) is 2.24. The van der Waals surface area contributed by atoms with Crippen molar-refractivity contribution in [2.45, 2.75) is 39.7 Å². The first-order chi connectivity index (χ1) is 11.6. The van der Waals surface area contributed by atoms with E-state index >= 15 is 0 Å². The van der Waals surface area contributed by atoms with Crippen molar-refractivity contribution in [1.82, 2.24) is 15.2 Å². The van der Waals surface area contributed by atoms with Gasteiger partial charge in [-0.25, -0.2) is 0 Å². The van der Waals surface area contributed by atoms with Crippen LogP contribution < -0.4 is 15.5 Å². The molecular formula is C18H26N6. The number of benzene rings is 1. The van der Waals surface area contributed by atoms with Gasteiger partial charge in [-0.05, 0) is 56.9 Å². The molecule has 0 atom stereocenters. The van der Waals surface area contributed by atoms with Crippen molar-refractivity contribution in [2.24, 2.45) is 5.92 Å². The van der Waals surface area contributed by atoms with Crippen LogP contribution >= 0.6 is 0 Å². The summed E-state index contributed by atoms with van der Waals surface area (Å²) in [5, 5.41) is 14.5. The molecule has 1 aromatic carbocycles. The molecule has 2 heterocycles. The number of aromatic nitrogens is 3. The van der Waals surface area contributed by atoms with Crippen molar-refractivity contribution in [3.63, 3.8) is 0 Å². The topological polar surface area (TPSA) is 66.0 Å². The van der Waals surface area contributed by atoms with Crippen molar-refractivity contribution in [3.05, 3.63) is 30.5 Å². The molecule has 24 heavy (non-hydrogen) atoms. The number of hydrogen-bond acceptors (Lipinski definition) is 6. The van der Waals surface area contributed by atoms with Gasteiger partial charge in [0, 0.05) is 30.5 Å². The van der Waals surface area contributed by atoms with Crippen LogP contribution in [-0.4, -0.2) is 34.3 Å². The van der Waals surface area contributed by atoms with E-state index in [0.29, 0.717) is 12.0 Å². The SMILES string of the molecule is CC1CCN(c2ccc(Nc3nncc(NC(C)C)n3)cc2)CC1. The zero-order chi connectivity index (χ0) is 16.9. The monoisotopic (exact) mass is 326 g/mol. The minimum Gasteiger partial charge on any atom is -0.372 e. The van der Waals surface area contributed by atoms with E-state index in [4.69, 9.17) is 0 Å². The van der Waals surface area contributed by atoms with Gasteiger partial charge in [0.05, 0.1) is 6.20 Å². The highest BCUT2D eigenvalue weighted by molar-refractivity contribution is 5.59. The minimum atomic E-state index is 0.307. The van der Waals surface area contributed by atoms with Crippen molar-refractivity contribution in [2.75, 3.05) is 28.6 Å². The van der Waals surface area contributed by atoms with Crippen LogP contribution in [0.3, 0.4) is 0 Å².